The second-order valence-corrected chi connectivity index (χ2v) is 6.81. The van der Waals surface area contributed by atoms with Gasteiger partial charge in [0.25, 0.3) is 5.91 Å². The monoisotopic (exact) mass is 373 g/mol. The Labute approximate surface area is 164 Å². The first-order chi connectivity index (χ1) is 13.8. The van der Waals surface area contributed by atoms with Crippen molar-refractivity contribution in [1.29, 1.82) is 0 Å². The third-order valence-corrected chi connectivity index (χ3v) is 4.76. The summed E-state index contributed by atoms with van der Waals surface area (Å²) in [5.74, 6) is 0.128. The molecule has 4 rings (SSSR count). The molecule has 1 aliphatic heterocycles. The van der Waals surface area contributed by atoms with Crippen molar-refractivity contribution in [2.24, 2.45) is 0 Å². The van der Waals surface area contributed by atoms with E-state index in [-0.39, 0.29) is 5.91 Å². The topological polar surface area (TPSA) is 70.2 Å². The van der Waals surface area contributed by atoms with Crippen molar-refractivity contribution in [3.63, 3.8) is 0 Å². The normalized spacial score (nSPS) is 13.8. The molecular weight excluding hydrogens is 350 g/mol. The average Bonchev–Trinajstić information content (AvgIpc) is 2.76. The molecule has 0 unspecified atom stereocenters. The first kappa shape index (κ1) is 18.0. The van der Waals surface area contributed by atoms with Crippen LogP contribution in [-0.4, -0.2) is 29.0 Å². The number of benzene rings is 2. The molecule has 1 fully saturated rings. The van der Waals surface area contributed by atoms with Gasteiger partial charge in [0.05, 0.1) is 0 Å². The first-order valence-corrected chi connectivity index (χ1v) is 9.59. The van der Waals surface area contributed by atoms with E-state index in [2.05, 4.69) is 37.6 Å². The highest BCUT2D eigenvalue weighted by Gasteiger charge is 2.12. The molecule has 1 aromatic heterocycles. The van der Waals surface area contributed by atoms with Crippen LogP contribution in [-0.2, 0) is 0 Å². The summed E-state index contributed by atoms with van der Waals surface area (Å²) in [7, 11) is 0. The minimum Gasteiger partial charge on any atom is -0.372 e. The standard InChI is InChI=1S/C22H23N5O/c28-21(24-17-7-3-1-4-8-17)20-13-14-23-22(26-20)25-18-9-11-19(12-10-18)27-15-5-2-6-16-27/h1,3-4,7-14H,2,5-6,15-16H2,(H,24,28)(H,23,25,26). The van der Waals surface area contributed by atoms with Crippen molar-refractivity contribution in [2.75, 3.05) is 28.6 Å². The molecule has 1 aliphatic rings. The van der Waals surface area contributed by atoms with Crippen molar-refractivity contribution in [2.45, 2.75) is 19.3 Å². The molecule has 0 saturated carbocycles. The Bertz CT molecular complexity index is 921. The Kier molecular flexibility index (Phi) is 5.47. The number of amides is 1. The lowest BCUT2D eigenvalue weighted by Crippen LogP contribution is -2.29. The number of carbonyl (C=O) groups is 1. The summed E-state index contributed by atoms with van der Waals surface area (Å²) in [5.41, 5.74) is 3.17. The number of anilines is 4. The largest absolute Gasteiger partial charge is 0.372 e. The number of carbonyl (C=O) groups excluding carboxylic acids is 1. The molecule has 3 aromatic rings. The van der Waals surface area contributed by atoms with E-state index in [0.29, 0.717) is 11.6 Å². The molecule has 6 heteroatoms. The number of nitrogens with one attached hydrogen (secondary N) is 2. The van der Waals surface area contributed by atoms with Crippen LogP contribution in [0.25, 0.3) is 0 Å². The van der Waals surface area contributed by atoms with Crippen molar-refractivity contribution in [3.05, 3.63) is 72.6 Å². The number of hydrogen-bond donors (Lipinski definition) is 2. The van der Waals surface area contributed by atoms with E-state index in [1.807, 2.05) is 42.5 Å². The van der Waals surface area contributed by atoms with Gasteiger partial charge in [-0.3, -0.25) is 4.79 Å². The zero-order valence-corrected chi connectivity index (χ0v) is 15.6. The molecule has 0 bridgehead atoms. The molecule has 0 radical (unpaired) electrons. The van der Waals surface area contributed by atoms with Crippen molar-refractivity contribution < 1.29 is 4.79 Å². The molecular formula is C22H23N5O. The Morgan fingerprint density at radius 2 is 1.61 bits per heavy atom. The third kappa shape index (κ3) is 4.46. The summed E-state index contributed by atoms with van der Waals surface area (Å²) in [5, 5.41) is 6.00. The van der Waals surface area contributed by atoms with Gasteiger partial charge >= 0.3 is 0 Å². The zero-order chi connectivity index (χ0) is 19.2. The average molecular weight is 373 g/mol. The molecule has 142 valence electrons. The maximum absolute atomic E-state index is 12.4. The summed E-state index contributed by atoms with van der Waals surface area (Å²) < 4.78 is 0. The number of nitrogens with zero attached hydrogens (tertiary/aromatic N) is 3. The van der Waals surface area contributed by atoms with Crippen molar-refractivity contribution in [1.82, 2.24) is 9.97 Å². The Hall–Kier alpha value is -3.41. The van der Waals surface area contributed by atoms with Gasteiger partial charge in [-0.05, 0) is 61.7 Å². The summed E-state index contributed by atoms with van der Waals surface area (Å²) >= 11 is 0. The van der Waals surface area contributed by atoms with Crippen molar-refractivity contribution >= 4 is 28.9 Å². The Morgan fingerprint density at radius 1 is 0.857 bits per heavy atom. The lowest BCUT2D eigenvalue weighted by Gasteiger charge is -2.28. The Balaban J connectivity index is 1.42. The van der Waals surface area contributed by atoms with Crippen LogP contribution in [0.3, 0.4) is 0 Å². The molecule has 0 spiro atoms. The number of hydrogen-bond acceptors (Lipinski definition) is 5. The van der Waals surface area contributed by atoms with Gasteiger partial charge in [0, 0.05) is 36.3 Å². The predicted molar refractivity (Wildman–Crippen MR) is 112 cm³/mol. The van der Waals surface area contributed by atoms with Gasteiger partial charge < -0.3 is 15.5 Å². The highest BCUT2D eigenvalue weighted by molar-refractivity contribution is 6.02. The number of para-hydroxylation sites is 1. The van der Waals surface area contributed by atoms with Crippen LogP contribution in [0.4, 0.5) is 23.0 Å². The molecule has 2 heterocycles. The van der Waals surface area contributed by atoms with Crippen LogP contribution in [0, 0.1) is 0 Å². The molecule has 28 heavy (non-hydrogen) atoms. The second-order valence-electron chi connectivity index (χ2n) is 6.81. The maximum atomic E-state index is 12.4. The van der Waals surface area contributed by atoms with Crippen LogP contribution < -0.4 is 15.5 Å². The number of rotatable bonds is 5. The summed E-state index contributed by atoms with van der Waals surface area (Å²) in [6, 6.07) is 19.2. The number of piperidine rings is 1. The lowest BCUT2D eigenvalue weighted by molar-refractivity contribution is 0.102. The fraction of sp³-hybridized carbons (Fsp3) is 0.227. The summed E-state index contributed by atoms with van der Waals surface area (Å²) in [6.45, 7) is 2.24. The maximum Gasteiger partial charge on any atom is 0.274 e. The minimum atomic E-state index is -0.267. The summed E-state index contributed by atoms with van der Waals surface area (Å²) in [4.78, 5) is 23.4. The molecule has 0 aliphatic carbocycles. The minimum absolute atomic E-state index is 0.267. The molecule has 2 N–H and O–H groups in total. The number of aromatic nitrogens is 2. The predicted octanol–water partition coefficient (Wildman–Crippen LogP) is 4.46. The fourth-order valence-corrected chi connectivity index (χ4v) is 3.30. The highest BCUT2D eigenvalue weighted by Crippen LogP contribution is 2.23. The van der Waals surface area contributed by atoms with Gasteiger partial charge in [0.1, 0.15) is 5.69 Å². The lowest BCUT2D eigenvalue weighted by atomic mass is 10.1. The van der Waals surface area contributed by atoms with Crippen LogP contribution in [0.2, 0.25) is 0 Å². The zero-order valence-electron chi connectivity index (χ0n) is 15.6. The molecule has 0 atom stereocenters. The smallest absolute Gasteiger partial charge is 0.274 e. The molecule has 1 amide bonds. The van der Waals surface area contributed by atoms with Gasteiger partial charge in [0.2, 0.25) is 5.95 Å². The van der Waals surface area contributed by atoms with Crippen LogP contribution >= 0.6 is 0 Å². The molecule has 1 saturated heterocycles. The SMILES string of the molecule is O=C(Nc1ccccc1)c1ccnc(Nc2ccc(N3CCCCC3)cc2)n1. The second kappa shape index (κ2) is 8.52. The van der Waals surface area contributed by atoms with Gasteiger partial charge in [0.15, 0.2) is 0 Å². The Morgan fingerprint density at radius 3 is 2.36 bits per heavy atom. The quantitative estimate of drug-likeness (QED) is 0.691. The van der Waals surface area contributed by atoms with Gasteiger partial charge in [-0.1, -0.05) is 18.2 Å². The molecule has 2 aromatic carbocycles. The van der Waals surface area contributed by atoms with Crippen molar-refractivity contribution in [3.8, 4) is 0 Å². The van der Waals surface area contributed by atoms with Gasteiger partial charge in [-0.2, -0.15) is 0 Å². The van der Waals surface area contributed by atoms with E-state index < -0.39 is 0 Å². The van der Waals surface area contributed by atoms with E-state index in [1.165, 1.54) is 24.9 Å². The van der Waals surface area contributed by atoms with Crippen LogP contribution in [0.15, 0.2) is 66.9 Å². The highest BCUT2D eigenvalue weighted by atomic mass is 16.1. The van der Waals surface area contributed by atoms with E-state index in [4.69, 9.17) is 0 Å². The first-order valence-electron chi connectivity index (χ1n) is 9.59. The van der Waals surface area contributed by atoms with Gasteiger partial charge in [-0.15, -0.1) is 0 Å². The van der Waals surface area contributed by atoms with E-state index in [0.717, 1.165) is 24.5 Å². The van der Waals surface area contributed by atoms with E-state index >= 15 is 0 Å². The van der Waals surface area contributed by atoms with Crippen LogP contribution in [0.5, 0.6) is 0 Å². The van der Waals surface area contributed by atoms with E-state index in [1.54, 1.807) is 12.3 Å². The third-order valence-electron chi connectivity index (χ3n) is 4.76. The van der Waals surface area contributed by atoms with Crippen LogP contribution in [0.1, 0.15) is 29.8 Å². The fourth-order valence-electron chi connectivity index (χ4n) is 3.30. The molecule has 6 nitrogen and oxygen atoms in total. The van der Waals surface area contributed by atoms with Gasteiger partial charge in [-0.25, -0.2) is 9.97 Å². The van der Waals surface area contributed by atoms with E-state index in [9.17, 15) is 4.79 Å². The summed E-state index contributed by atoms with van der Waals surface area (Å²) in [6.07, 6.45) is 5.41.